The molecule has 1 aromatic heterocycles. The summed E-state index contributed by atoms with van der Waals surface area (Å²) in [6, 6.07) is 4.77. The van der Waals surface area contributed by atoms with Gasteiger partial charge in [0, 0.05) is 12.5 Å². The second-order valence-corrected chi connectivity index (χ2v) is 4.61. The average molecular weight is 268 g/mol. The molecule has 0 spiro atoms. The summed E-state index contributed by atoms with van der Waals surface area (Å²) >= 11 is 1.25. The number of benzene rings is 1. The lowest BCUT2D eigenvalue weighted by molar-refractivity contribution is 0.0994. The highest BCUT2D eigenvalue weighted by Crippen LogP contribution is 2.26. The van der Waals surface area contributed by atoms with Crippen molar-refractivity contribution in [1.82, 2.24) is 0 Å². The van der Waals surface area contributed by atoms with E-state index < -0.39 is 11.6 Å². The first-order valence-corrected chi connectivity index (χ1v) is 6.08. The second-order valence-electron chi connectivity index (χ2n) is 3.70. The molecule has 0 atom stereocenters. The minimum atomic E-state index is -0.684. The van der Waals surface area contributed by atoms with Crippen LogP contribution in [-0.2, 0) is 6.42 Å². The summed E-state index contributed by atoms with van der Waals surface area (Å²) in [4.78, 5) is 12.4. The third kappa shape index (κ3) is 2.73. The molecule has 0 unspecified atom stereocenters. The zero-order valence-corrected chi connectivity index (χ0v) is 10.4. The summed E-state index contributed by atoms with van der Waals surface area (Å²) in [7, 11) is 1.47. The van der Waals surface area contributed by atoms with E-state index in [1.807, 2.05) is 0 Å². The standard InChI is InChI=1S/C13H10F2O2S/c1-17-12-2-3-18-13(12)11(16)6-8-4-9(14)7-10(15)5-8/h2-5,7H,6H2,1H3. The molecule has 0 N–H and O–H groups in total. The van der Waals surface area contributed by atoms with Gasteiger partial charge in [-0.2, -0.15) is 0 Å². The lowest BCUT2D eigenvalue weighted by atomic mass is 10.1. The van der Waals surface area contributed by atoms with Gasteiger partial charge in [-0.05, 0) is 29.1 Å². The predicted molar refractivity (Wildman–Crippen MR) is 65.3 cm³/mol. The quantitative estimate of drug-likeness (QED) is 0.794. The Morgan fingerprint density at radius 2 is 1.94 bits per heavy atom. The first-order chi connectivity index (χ1) is 8.60. The zero-order valence-electron chi connectivity index (χ0n) is 9.57. The number of hydrogen-bond acceptors (Lipinski definition) is 3. The van der Waals surface area contributed by atoms with Gasteiger partial charge in [-0.15, -0.1) is 11.3 Å². The lowest BCUT2D eigenvalue weighted by Gasteiger charge is -2.03. The maximum atomic E-state index is 13.0. The minimum absolute atomic E-state index is 0.0500. The highest BCUT2D eigenvalue weighted by Gasteiger charge is 2.15. The van der Waals surface area contributed by atoms with Crippen LogP contribution >= 0.6 is 11.3 Å². The molecular formula is C13H10F2O2S. The fourth-order valence-corrected chi connectivity index (χ4v) is 2.44. The van der Waals surface area contributed by atoms with Crippen molar-refractivity contribution >= 4 is 17.1 Å². The Kier molecular flexibility index (Phi) is 3.72. The van der Waals surface area contributed by atoms with E-state index in [4.69, 9.17) is 4.74 Å². The Labute approximate surface area is 107 Å². The van der Waals surface area contributed by atoms with Crippen LogP contribution in [0.5, 0.6) is 5.75 Å². The van der Waals surface area contributed by atoms with E-state index in [0.717, 1.165) is 18.2 Å². The number of rotatable bonds is 4. The number of carbonyl (C=O) groups is 1. The number of carbonyl (C=O) groups excluding carboxylic acids is 1. The molecule has 0 aliphatic heterocycles. The van der Waals surface area contributed by atoms with Gasteiger partial charge in [0.05, 0.1) is 7.11 Å². The highest BCUT2D eigenvalue weighted by atomic mass is 32.1. The van der Waals surface area contributed by atoms with Crippen LogP contribution in [0, 0.1) is 11.6 Å². The van der Waals surface area contributed by atoms with Crippen molar-refractivity contribution in [3.05, 3.63) is 51.7 Å². The Hall–Kier alpha value is -1.75. The van der Waals surface area contributed by atoms with Crippen LogP contribution in [0.25, 0.3) is 0 Å². The Morgan fingerprint density at radius 3 is 2.56 bits per heavy atom. The zero-order chi connectivity index (χ0) is 13.1. The van der Waals surface area contributed by atoms with Crippen molar-refractivity contribution in [2.45, 2.75) is 6.42 Å². The van der Waals surface area contributed by atoms with E-state index in [9.17, 15) is 13.6 Å². The van der Waals surface area contributed by atoms with Gasteiger partial charge >= 0.3 is 0 Å². The van der Waals surface area contributed by atoms with Crippen LogP contribution in [0.2, 0.25) is 0 Å². The van der Waals surface area contributed by atoms with Crippen LogP contribution in [-0.4, -0.2) is 12.9 Å². The van der Waals surface area contributed by atoms with Crippen molar-refractivity contribution in [2.24, 2.45) is 0 Å². The molecule has 2 aromatic rings. The van der Waals surface area contributed by atoms with Crippen LogP contribution in [0.4, 0.5) is 8.78 Å². The Balaban J connectivity index is 2.21. The monoisotopic (exact) mass is 268 g/mol. The predicted octanol–water partition coefficient (Wildman–Crippen LogP) is 3.46. The summed E-state index contributed by atoms with van der Waals surface area (Å²) in [6.07, 6.45) is -0.0500. The lowest BCUT2D eigenvalue weighted by Crippen LogP contribution is -2.03. The second kappa shape index (κ2) is 5.27. The van der Waals surface area contributed by atoms with Gasteiger partial charge in [-0.3, -0.25) is 4.79 Å². The molecule has 0 fully saturated rings. The first kappa shape index (κ1) is 12.7. The van der Waals surface area contributed by atoms with E-state index >= 15 is 0 Å². The van der Waals surface area contributed by atoms with Crippen LogP contribution in [0.15, 0.2) is 29.6 Å². The van der Waals surface area contributed by atoms with E-state index in [1.165, 1.54) is 18.4 Å². The maximum Gasteiger partial charge on any atom is 0.180 e. The molecule has 0 amide bonds. The summed E-state index contributed by atoms with van der Waals surface area (Å²) in [6.45, 7) is 0. The molecule has 2 nitrogen and oxygen atoms in total. The molecule has 5 heteroatoms. The molecule has 0 saturated heterocycles. The molecule has 1 heterocycles. The van der Waals surface area contributed by atoms with E-state index in [1.54, 1.807) is 11.4 Å². The summed E-state index contributed by atoms with van der Waals surface area (Å²) in [5, 5.41) is 1.73. The molecule has 2 rings (SSSR count). The summed E-state index contributed by atoms with van der Waals surface area (Å²) in [5.41, 5.74) is 0.313. The highest BCUT2D eigenvalue weighted by molar-refractivity contribution is 7.12. The Morgan fingerprint density at radius 1 is 1.28 bits per heavy atom. The number of ketones is 1. The molecule has 0 radical (unpaired) electrons. The van der Waals surface area contributed by atoms with Crippen molar-refractivity contribution in [2.75, 3.05) is 7.11 Å². The van der Waals surface area contributed by atoms with Gasteiger partial charge in [0.25, 0.3) is 0 Å². The number of halogens is 2. The van der Waals surface area contributed by atoms with Crippen molar-refractivity contribution in [3.8, 4) is 5.75 Å². The van der Waals surface area contributed by atoms with Gasteiger partial charge in [-0.25, -0.2) is 8.78 Å². The smallest absolute Gasteiger partial charge is 0.180 e. The molecule has 0 saturated carbocycles. The topological polar surface area (TPSA) is 26.3 Å². The van der Waals surface area contributed by atoms with Gasteiger partial charge < -0.3 is 4.74 Å². The van der Waals surface area contributed by atoms with Gasteiger partial charge in [-0.1, -0.05) is 0 Å². The van der Waals surface area contributed by atoms with E-state index in [-0.39, 0.29) is 12.2 Å². The van der Waals surface area contributed by atoms with Crippen molar-refractivity contribution in [1.29, 1.82) is 0 Å². The number of hydrogen-bond donors (Lipinski definition) is 0. The summed E-state index contributed by atoms with van der Waals surface area (Å²) < 4.78 is 31.0. The van der Waals surface area contributed by atoms with E-state index in [2.05, 4.69) is 0 Å². The van der Waals surface area contributed by atoms with Gasteiger partial charge in [0.2, 0.25) is 0 Å². The number of methoxy groups -OCH3 is 1. The third-order valence-corrected chi connectivity index (χ3v) is 3.33. The van der Waals surface area contributed by atoms with Crippen LogP contribution in [0.3, 0.4) is 0 Å². The van der Waals surface area contributed by atoms with Crippen LogP contribution in [0.1, 0.15) is 15.2 Å². The largest absolute Gasteiger partial charge is 0.495 e. The van der Waals surface area contributed by atoms with Gasteiger partial charge in [0.1, 0.15) is 22.3 Å². The molecule has 94 valence electrons. The number of ether oxygens (including phenoxy) is 1. The first-order valence-electron chi connectivity index (χ1n) is 5.20. The maximum absolute atomic E-state index is 13.0. The number of thiophene rings is 1. The fourth-order valence-electron chi connectivity index (χ4n) is 1.64. The molecule has 0 aliphatic rings. The molecular weight excluding hydrogens is 258 g/mol. The molecule has 0 aliphatic carbocycles. The normalized spacial score (nSPS) is 10.4. The Bertz CT molecular complexity index is 558. The average Bonchev–Trinajstić information content (AvgIpc) is 2.75. The third-order valence-electron chi connectivity index (χ3n) is 2.39. The van der Waals surface area contributed by atoms with E-state index in [0.29, 0.717) is 16.2 Å². The number of Topliss-reactive ketones (excluding diaryl/α,β-unsaturated/α-hetero) is 1. The summed E-state index contributed by atoms with van der Waals surface area (Å²) in [5.74, 6) is -1.10. The SMILES string of the molecule is COc1ccsc1C(=O)Cc1cc(F)cc(F)c1. The molecule has 0 bridgehead atoms. The molecule has 18 heavy (non-hydrogen) atoms. The minimum Gasteiger partial charge on any atom is -0.495 e. The van der Waals surface area contributed by atoms with Gasteiger partial charge in [0.15, 0.2) is 5.78 Å². The molecule has 1 aromatic carbocycles. The van der Waals surface area contributed by atoms with Crippen LogP contribution < -0.4 is 4.74 Å². The van der Waals surface area contributed by atoms with Crippen molar-refractivity contribution in [3.63, 3.8) is 0 Å². The fraction of sp³-hybridized carbons (Fsp3) is 0.154. The van der Waals surface area contributed by atoms with Crippen molar-refractivity contribution < 1.29 is 18.3 Å².